The fourth-order valence-corrected chi connectivity index (χ4v) is 9.17. The van der Waals surface area contributed by atoms with Crippen LogP contribution in [-0.4, -0.2) is 20.4 Å². The second-order valence-electron chi connectivity index (χ2n) is 19.4. The van der Waals surface area contributed by atoms with Gasteiger partial charge in [0.25, 0.3) is 0 Å². The van der Waals surface area contributed by atoms with Crippen molar-refractivity contribution in [2.75, 3.05) is 0 Å². The zero-order valence-electron chi connectivity index (χ0n) is 43.3. The van der Waals surface area contributed by atoms with E-state index in [4.69, 9.17) is 18.9 Å². The Kier molecular flexibility index (Phi) is 14.7. The van der Waals surface area contributed by atoms with Crippen LogP contribution < -0.4 is 18.9 Å². The van der Waals surface area contributed by atoms with Gasteiger partial charge in [-0.15, -0.1) is 0 Å². The maximum Gasteiger partial charge on any atom is 0.216 e. The second kappa shape index (κ2) is 21.6. The fraction of sp³-hybridized carbons (Fsp3) is 0.182. The maximum absolute atomic E-state index is 10.3. The van der Waals surface area contributed by atoms with Gasteiger partial charge >= 0.3 is 0 Å². The summed E-state index contributed by atoms with van der Waals surface area (Å²) in [6.45, 7) is 15.9. The fourth-order valence-electron chi connectivity index (χ4n) is 9.17. The van der Waals surface area contributed by atoms with Crippen molar-refractivity contribution >= 4 is 0 Å². The van der Waals surface area contributed by atoms with E-state index in [-0.39, 0.29) is 11.5 Å². The molecule has 0 amide bonds. The minimum Gasteiger partial charge on any atom is -0.508 e. The predicted molar refractivity (Wildman–Crippen MR) is 294 cm³/mol. The molecular formula is C66H62O8. The van der Waals surface area contributed by atoms with E-state index in [0.717, 1.165) is 89.0 Å². The van der Waals surface area contributed by atoms with Gasteiger partial charge in [0, 0.05) is 0 Å². The number of ether oxygens (including phenoxy) is 4. The molecule has 0 saturated carbocycles. The molecule has 0 aliphatic heterocycles. The highest BCUT2D eigenvalue weighted by Crippen LogP contribution is 2.51. The topological polar surface area (TPSA) is 118 Å². The summed E-state index contributed by atoms with van der Waals surface area (Å²) in [4.78, 5) is 0. The summed E-state index contributed by atoms with van der Waals surface area (Å²) in [6, 6.07) is 50.3. The lowest BCUT2D eigenvalue weighted by molar-refractivity contribution is 0.366. The molecule has 0 aliphatic rings. The molecule has 74 heavy (non-hydrogen) atoms. The minimum atomic E-state index is 0.287. The summed E-state index contributed by atoms with van der Waals surface area (Å²) in [5.41, 5.74) is 16.6. The van der Waals surface area contributed by atoms with E-state index in [9.17, 15) is 20.4 Å². The quantitative estimate of drug-likeness (QED) is 0.0756. The molecule has 8 nitrogen and oxygen atoms in total. The summed E-state index contributed by atoms with van der Waals surface area (Å²) in [5, 5.41) is 41.1. The van der Waals surface area contributed by atoms with Crippen LogP contribution in [0.2, 0.25) is 0 Å². The standard InChI is InChI=1S/C66H62O8/c1-39-43(5)59(67)29-17-51(39)35-47-9-21-55(22-10-47)71-63-33-34-64(72-56-23-11-48(12-24-56)36-52-18-30-60(68)44(6)40(52)2)66(74-58-27-15-50(16-28-58)38-54-20-32-62(70)46(8)42(54)4)65(63)73-57-25-13-49(14-26-57)37-53-19-31-61(69)45(7)41(53)3/h9-34,67-70H,35-38H2,1-8H3. The Labute approximate surface area is 434 Å². The molecule has 0 heterocycles. The third-order valence-electron chi connectivity index (χ3n) is 14.7. The molecule has 8 heteroatoms. The molecule has 374 valence electrons. The van der Waals surface area contributed by atoms with Crippen molar-refractivity contribution in [3.63, 3.8) is 0 Å². The van der Waals surface area contributed by atoms with Gasteiger partial charge in [-0.05, 0) is 255 Å². The van der Waals surface area contributed by atoms with Gasteiger partial charge in [-0.3, -0.25) is 0 Å². The Hall–Kier alpha value is -8.62. The normalized spacial score (nSPS) is 11.1. The van der Waals surface area contributed by atoms with Crippen molar-refractivity contribution in [1.82, 2.24) is 0 Å². The van der Waals surface area contributed by atoms with E-state index in [1.807, 2.05) is 189 Å². The molecule has 0 fully saturated rings. The molecule has 0 radical (unpaired) electrons. The van der Waals surface area contributed by atoms with Gasteiger partial charge in [0.2, 0.25) is 11.5 Å². The van der Waals surface area contributed by atoms with Crippen molar-refractivity contribution in [2.45, 2.75) is 81.1 Å². The largest absolute Gasteiger partial charge is 0.508 e. The monoisotopic (exact) mass is 982 g/mol. The van der Waals surface area contributed by atoms with Crippen molar-refractivity contribution in [3.8, 4) is 69.0 Å². The maximum atomic E-state index is 10.3. The van der Waals surface area contributed by atoms with Gasteiger partial charge in [-0.25, -0.2) is 0 Å². The molecule has 0 bridgehead atoms. The van der Waals surface area contributed by atoms with Crippen LogP contribution in [0.15, 0.2) is 158 Å². The first-order chi connectivity index (χ1) is 35.6. The lowest BCUT2D eigenvalue weighted by atomic mass is 9.97. The van der Waals surface area contributed by atoms with E-state index >= 15 is 0 Å². The number of phenolic OH excluding ortho intramolecular Hbond substituents is 4. The molecule has 0 unspecified atom stereocenters. The molecule has 0 aromatic heterocycles. The van der Waals surface area contributed by atoms with Gasteiger partial charge in [0.05, 0.1) is 0 Å². The minimum absolute atomic E-state index is 0.287. The summed E-state index contributed by atoms with van der Waals surface area (Å²) in [6.07, 6.45) is 2.74. The van der Waals surface area contributed by atoms with E-state index < -0.39 is 0 Å². The van der Waals surface area contributed by atoms with Crippen LogP contribution >= 0.6 is 0 Å². The molecule has 9 aromatic rings. The van der Waals surface area contributed by atoms with Crippen molar-refractivity contribution < 1.29 is 39.4 Å². The highest BCUT2D eigenvalue weighted by molar-refractivity contribution is 5.63. The Morgan fingerprint density at radius 3 is 0.689 bits per heavy atom. The van der Waals surface area contributed by atoms with Gasteiger partial charge in [-0.2, -0.15) is 0 Å². The van der Waals surface area contributed by atoms with Crippen LogP contribution in [0, 0.1) is 55.4 Å². The number of aromatic hydroxyl groups is 4. The second-order valence-corrected chi connectivity index (χ2v) is 19.4. The van der Waals surface area contributed by atoms with Crippen molar-refractivity contribution in [2.24, 2.45) is 0 Å². The van der Waals surface area contributed by atoms with Gasteiger partial charge < -0.3 is 39.4 Å². The Morgan fingerprint density at radius 2 is 0.459 bits per heavy atom. The third kappa shape index (κ3) is 11.2. The summed E-state index contributed by atoms with van der Waals surface area (Å²) >= 11 is 0. The summed E-state index contributed by atoms with van der Waals surface area (Å²) in [7, 11) is 0. The van der Waals surface area contributed by atoms with Crippen LogP contribution in [0.1, 0.15) is 89.0 Å². The van der Waals surface area contributed by atoms with Crippen LogP contribution in [0.5, 0.6) is 69.0 Å². The summed E-state index contributed by atoms with van der Waals surface area (Å²) in [5.74, 6) is 4.83. The average Bonchev–Trinajstić information content (AvgIpc) is 3.40. The summed E-state index contributed by atoms with van der Waals surface area (Å²) < 4.78 is 27.2. The number of phenols is 4. The van der Waals surface area contributed by atoms with E-state index in [0.29, 0.717) is 83.2 Å². The molecule has 0 saturated heterocycles. The van der Waals surface area contributed by atoms with Gasteiger partial charge in [0.1, 0.15) is 46.0 Å². The van der Waals surface area contributed by atoms with Crippen LogP contribution in [-0.2, 0) is 25.7 Å². The molecule has 9 rings (SSSR count). The van der Waals surface area contributed by atoms with Crippen molar-refractivity contribution in [1.29, 1.82) is 0 Å². The van der Waals surface area contributed by atoms with E-state index in [1.165, 1.54) is 0 Å². The highest BCUT2D eigenvalue weighted by Gasteiger charge is 2.23. The smallest absolute Gasteiger partial charge is 0.216 e. The Balaban J connectivity index is 1.08. The molecule has 0 atom stereocenters. The number of hydrogen-bond donors (Lipinski definition) is 4. The highest BCUT2D eigenvalue weighted by atomic mass is 16.6. The molecule has 0 aliphatic carbocycles. The SMILES string of the molecule is Cc1c(O)ccc(Cc2ccc(Oc3ccc(Oc4ccc(Cc5ccc(O)c(C)c5C)cc4)c(Oc4ccc(Cc5ccc(O)c(C)c5C)cc4)c3Oc3ccc(Cc4ccc(O)c(C)c4C)cc3)cc2)c1C. The number of hydrogen-bond acceptors (Lipinski definition) is 8. The zero-order valence-corrected chi connectivity index (χ0v) is 43.3. The first kappa shape index (κ1) is 50.3. The molecular weight excluding hydrogens is 921 g/mol. The number of benzene rings is 9. The van der Waals surface area contributed by atoms with E-state index in [1.54, 1.807) is 24.3 Å². The first-order valence-electron chi connectivity index (χ1n) is 24.9. The molecule has 0 spiro atoms. The molecule has 4 N–H and O–H groups in total. The third-order valence-corrected chi connectivity index (χ3v) is 14.7. The zero-order chi connectivity index (χ0) is 52.2. The predicted octanol–water partition coefficient (Wildman–Crippen LogP) is 16.5. The van der Waals surface area contributed by atoms with Crippen LogP contribution in [0.3, 0.4) is 0 Å². The van der Waals surface area contributed by atoms with Crippen molar-refractivity contribution in [3.05, 3.63) is 247 Å². The van der Waals surface area contributed by atoms with Crippen LogP contribution in [0.4, 0.5) is 0 Å². The van der Waals surface area contributed by atoms with Gasteiger partial charge in [0.15, 0.2) is 11.5 Å². The Bertz CT molecular complexity index is 3250. The van der Waals surface area contributed by atoms with Crippen LogP contribution in [0.25, 0.3) is 0 Å². The van der Waals surface area contributed by atoms with Gasteiger partial charge in [-0.1, -0.05) is 72.8 Å². The first-order valence-corrected chi connectivity index (χ1v) is 24.9. The lowest BCUT2D eigenvalue weighted by Crippen LogP contribution is -1.99. The lowest BCUT2D eigenvalue weighted by Gasteiger charge is -2.20. The Morgan fingerprint density at radius 1 is 0.243 bits per heavy atom. The van der Waals surface area contributed by atoms with E-state index in [2.05, 4.69) is 0 Å². The number of rotatable bonds is 16. The average molecular weight is 983 g/mol. The molecule has 9 aromatic carbocycles.